The van der Waals surface area contributed by atoms with Crippen LogP contribution in [0.25, 0.3) is 0 Å². The van der Waals surface area contributed by atoms with Crippen molar-refractivity contribution < 1.29 is 19.1 Å². The summed E-state index contributed by atoms with van der Waals surface area (Å²) in [5, 5.41) is 0. The molecule has 0 heterocycles. The summed E-state index contributed by atoms with van der Waals surface area (Å²) >= 11 is 0. The van der Waals surface area contributed by atoms with Gasteiger partial charge in [-0.1, -0.05) is 0 Å². The smallest absolute Gasteiger partial charge is 0.338 e. The van der Waals surface area contributed by atoms with Crippen molar-refractivity contribution >= 4 is 23.3 Å². The highest BCUT2D eigenvalue weighted by Crippen LogP contribution is 2.26. The van der Waals surface area contributed by atoms with E-state index in [0.717, 1.165) is 12.8 Å². The molecule has 2 aromatic carbocycles. The predicted molar refractivity (Wildman–Crippen MR) is 98.6 cm³/mol. The van der Waals surface area contributed by atoms with Crippen LogP contribution in [0, 0.1) is 0 Å². The number of nitrogen functional groups attached to an aromatic ring is 2. The highest BCUT2D eigenvalue weighted by atomic mass is 16.6. The molecule has 0 amide bonds. The molecule has 0 saturated heterocycles. The number of hydrogen-bond acceptors (Lipinski definition) is 6. The summed E-state index contributed by atoms with van der Waals surface area (Å²) in [7, 11) is 0. The molecule has 0 unspecified atom stereocenters. The number of ether oxygens (including phenoxy) is 2. The van der Waals surface area contributed by atoms with E-state index in [0.29, 0.717) is 35.3 Å². The molecule has 6 nitrogen and oxygen atoms in total. The van der Waals surface area contributed by atoms with Crippen LogP contribution in [0.5, 0.6) is 0 Å². The third-order valence-corrected chi connectivity index (χ3v) is 4.45. The van der Waals surface area contributed by atoms with E-state index in [9.17, 15) is 9.59 Å². The van der Waals surface area contributed by atoms with Crippen molar-refractivity contribution in [2.45, 2.75) is 37.9 Å². The highest BCUT2D eigenvalue weighted by Gasteiger charge is 2.32. The summed E-state index contributed by atoms with van der Waals surface area (Å²) in [4.78, 5) is 24.7. The molecule has 0 aromatic heterocycles. The van der Waals surface area contributed by atoms with Gasteiger partial charge >= 0.3 is 11.9 Å². The molecule has 0 aliphatic heterocycles. The minimum atomic E-state index is -0.452. The van der Waals surface area contributed by atoms with Gasteiger partial charge in [-0.05, 0) is 74.2 Å². The quantitative estimate of drug-likeness (QED) is 0.645. The van der Waals surface area contributed by atoms with Crippen LogP contribution >= 0.6 is 0 Å². The molecule has 26 heavy (non-hydrogen) atoms. The molecular weight excluding hydrogens is 332 g/mol. The maximum absolute atomic E-state index is 12.3. The van der Waals surface area contributed by atoms with Crippen LogP contribution in [0.4, 0.5) is 11.4 Å². The second-order valence-corrected chi connectivity index (χ2v) is 6.42. The first-order valence-electron chi connectivity index (χ1n) is 8.66. The zero-order chi connectivity index (χ0) is 18.5. The van der Waals surface area contributed by atoms with Gasteiger partial charge in [0.1, 0.15) is 12.2 Å². The number of carbonyl (C=O) groups is 2. The predicted octanol–water partition coefficient (Wildman–Crippen LogP) is 3.18. The summed E-state index contributed by atoms with van der Waals surface area (Å²) < 4.78 is 11.2. The van der Waals surface area contributed by atoms with Crippen LogP contribution in [0.1, 0.15) is 46.4 Å². The number of anilines is 2. The summed E-state index contributed by atoms with van der Waals surface area (Å²) in [5.74, 6) is -0.879. The molecule has 1 aliphatic rings. The van der Waals surface area contributed by atoms with Gasteiger partial charge in [0.05, 0.1) is 11.1 Å². The lowest BCUT2D eigenvalue weighted by Gasteiger charge is -2.30. The molecule has 1 fully saturated rings. The van der Waals surface area contributed by atoms with Gasteiger partial charge < -0.3 is 20.9 Å². The van der Waals surface area contributed by atoms with Gasteiger partial charge in [-0.2, -0.15) is 0 Å². The fourth-order valence-corrected chi connectivity index (χ4v) is 2.98. The normalized spacial score (nSPS) is 19.5. The van der Waals surface area contributed by atoms with Crippen LogP contribution in [0.3, 0.4) is 0 Å². The lowest BCUT2D eigenvalue weighted by molar-refractivity contribution is -0.0514. The third kappa shape index (κ3) is 4.33. The topological polar surface area (TPSA) is 105 Å². The van der Waals surface area contributed by atoms with Crippen LogP contribution in [-0.2, 0) is 9.47 Å². The van der Waals surface area contributed by atoms with Crippen LogP contribution in [0.2, 0.25) is 0 Å². The molecule has 0 radical (unpaired) electrons. The van der Waals surface area contributed by atoms with Gasteiger partial charge in [0.15, 0.2) is 0 Å². The fraction of sp³-hybridized carbons (Fsp3) is 0.300. The molecule has 0 bridgehead atoms. The average molecular weight is 354 g/mol. The summed E-state index contributed by atoms with van der Waals surface area (Å²) in [6, 6.07) is 13.1. The minimum Gasteiger partial charge on any atom is -0.455 e. The fourth-order valence-electron chi connectivity index (χ4n) is 2.98. The number of esters is 2. The molecular formula is C20H22N2O4. The molecule has 1 aliphatic carbocycles. The monoisotopic (exact) mass is 354 g/mol. The van der Waals surface area contributed by atoms with Crippen molar-refractivity contribution in [3.8, 4) is 0 Å². The maximum atomic E-state index is 12.3. The largest absolute Gasteiger partial charge is 0.455 e. The van der Waals surface area contributed by atoms with Gasteiger partial charge in [0.25, 0.3) is 0 Å². The second kappa shape index (κ2) is 7.91. The van der Waals surface area contributed by atoms with E-state index < -0.39 is 24.1 Å². The standard InChI is InChI=1S/C20H22N2O4/c21-15-9-5-13(6-10-15)19(23)25-17-3-1-2-4-18(17)26-20(24)14-7-11-16(22)12-8-14/h5-12,17-18H,1-4,21-22H2/t17-,18-/m1/s1. The molecule has 2 aromatic rings. The van der Waals surface area contributed by atoms with E-state index in [2.05, 4.69) is 0 Å². The van der Waals surface area contributed by atoms with Gasteiger partial charge in [0.2, 0.25) is 0 Å². The van der Waals surface area contributed by atoms with Crippen LogP contribution in [-0.4, -0.2) is 24.1 Å². The molecule has 136 valence electrons. The molecule has 4 N–H and O–H groups in total. The van der Waals surface area contributed by atoms with E-state index >= 15 is 0 Å². The van der Waals surface area contributed by atoms with Crippen molar-refractivity contribution in [2.24, 2.45) is 0 Å². The number of nitrogens with two attached hydrogens (primary N) is 2. The van der Waals surface area contributed by atoms with E-state index in [4.69, 9.17) is 20.9 Å². The second-order valence-electron chi connectivity index (χ2n) is 6.42. The molecule has 3 rings (SSSR count). The van der Waals surface area contributed by atoms with E-state index in [1.165, 1.54) is 0 Å². The van der Waals surface area contributed by atoms with E-state index in [-0.39, 0.29) is 0 Å². The molecule has 0 spiro atoms. The Kier molecular flexibility index (Phi) is 5.41. The van der Waals surface area contributed by atoms with Crippen molar-refractivity contribution in [3.05, 3.63) is 59.7 Å². The maximum Gasteiger partial charge on any atom is 0.338 e. The Balaban J connectivity index is 1.65. The van der Waals surface area contributed by atoms with E-state index in [1.807, 2.05) is 0 Å². The Hall–Kier alpha value is -3.02. The lowest BCUT2D eigenvalue weighted by atomic mass is 9.94. The molecule has 2 atom stereocenters. The first-order valence-corrected chi connectivity index (χ1v) is 8.66. The SMILES string of the molecule is Nc1ccc(C(=O)O[C@@H]2CCCC[C@H]2OC(=O)c2ccc(N)cc2)cc1. The third-order valence-electron chi connectivity index (χ3n) is 4.45. The summed E-state index contributed by atoms with van der Waals surface area (Å²) in [6.45, 7) is 0. The van der Waals surface area contributed by atoms with Gasteiger partial charge in [-0.3, -0.25) is 0 Å². The van der Waals surface area contributed by atoms with Crippen molar-refractivity contribution in [2.75, 3.05) is 11.5 Å². The summed E-state index contributed by atoms with van der Waals surface area (Å²) in [5.41, 5.74) is 13.3. The number of benzene rings is 2. The Morgan fingerprint density at radius 1 is 0.692 bits per heavy atom. The number of carbonyl (C=O) groups excluding carboxylic acids is 2. The lowest BCUT2D eigenvalue weighted by Crippen LogP contribution is -2.37. The zero-order valence-corrected chi connectivity index (χ0v) is 14.4. The Bertz CT molecular complexity index is 704. The van der Waals surface area contributed by atoms with Gasteiger partial charge in [-0.25, -0.2) is 9.59 Å². The highest BCUT2D eigenvalue weighted by molar-refractivity contribution is 5.90. The van der Waals surface area contributed by atoms with Gasteiger partial charge in [-0.15, -0.1) is 0 Å². The van der Waals surface area contributed by atoms with Crippen molar-refractivity contribution in [1.29, 1.82) is 0 Å². The van der Waals surface area contributed by atoms with Crippen molar-refractivity contribution in [1.82, 2.24) is 0 Å². The Morgan fingerprint density at radius 3 is 1.38 bits per heavy atom. The summed E-state index contributed by atoms with van der Waals surface area (Å²) in [6.07, 6.45) is 2.28. The Morgan fingerprint density at radius 2 is 1.04 bits per heavy atom. The molecule has 1 saturated carbocycles. The first kappa shape index (κ1) is 17.8. The number of hydrogen-bond donors (Lipinski definition) is 2. The first-order chi connectivity index (χ1) is 12.5. The van der Waals surface area contributed by atoms with E-state index in [1.54, 1.807) is 48.5 Å². The van der Waals surface area contributed by atoms with Crippen LogP contribution in [0.15, 0.2) is 48.5 Å². The van der Waals surface area contributed by atoms with Crippen LogP contribution < -0.4 is 11.5 Å². The minimum absolute atomic E-state index is 0.424. The molecule has 6 heteroatoms. The van der Waals surface area contributed by atoms with Gasteiger partial charge in [0, 0.05) is 11.4 Å². The zero-order valence-electron chi connectivity index (χ0n) is 14.4. The average Bonchev–Trinajstić information content (AvgIpc) is 2.64. The number of rotatable bonds is 4. The Labute approximate surface area is 152 Å². The van der Waals surface area contributed by atoms with Crippen molar-refractivity contribution in [3.63, 3.8) is 0 Å².